The molecule has 0 saturated carbocycles. The number of carbonyl (C=O) groups is 2. The van der Waals surface area contributed by atoms with E-state index in [1.165, 1.54) is 0 Å². The van der Waals surface area contributed by atoms with Crippen LogP contribution in [0.25, 0.3) is 0 Å². The van der Waals surface area contributed by atoms with Crippen LogP contribution in [0.3, 0.4) is 0 Å². The fraction of sp³-hybridized carbons (Fsp3) is 0.429. The van der Waals surface area contributed by atoms with E-state index in [1.807, 2.05) is 0 Å². The Morgan fingerprint density at radius 1 is 1.22 bits per heavy atom. The van der Waals surface area contributed by atoms with Gasteiger partial charge in [-0.2, -0.15) is 0 Å². The molecule has 4 nitrogen and oxygen atoms in total. The van der Waals surface area contributed by atoms with Gasteiger partial charge in [-0.25, -0.2) is 4.79 Å². The fourth-order valence-corrected chi connectivity index (χ4v) is 1.33. The van der Waals surface area contributed by atoms with Crippen molar-refractivity contribution in [3.63, 3.8) is 0 Å². The van der Waals surface area contributed by atoms with Gasteiger partial charge in [-0.3, -0.25) is 0 Å². The van der Waals surface area contributed by atoms with Gasteiger partial charge in [-0.15, -0.1) is 0 Å². The lowest BCUT2D eigenvalue weighted by Gasteiger charge is -2.19. The van der Waals surface area contributed by atoms with E-state index >= 15 is 0 Å². The molecule has 0 aliphatic carbocycles. The molecule has 0 aromatic heterocycles. The first-order valence-electron chi connectivity index (χ1n) is 5.78. The summed E-state index contributed by atoms with van der Waals surface area (Å²) < 4.78 is 10.4. The number of esters is 1. The lowest BCUT2D eigenvalue weighted by Crippen LogP contribution is -2.27. The summed E-state index contributed by atoms with van der Waals surface area (Å²) in [6.45, 7) is 5.29. The first kappa shape index (κ1) is 14.2. The molecule has 0 heterocycles. The SMILES string of the molecule is CC(C)(C)OC(=O)COc1ccc(CC=O)cc1. The molecule has 0 amide bonds. The largest absolute Gasteiger partial charge is 0.482 e. The quantitative estimate of drug-likeness (QED) is 0.593. The van der Waals surface area contributed by atoms with Gasteiger partial charge >= 0.3 is 5.97 Å². The molecule has 0 unspecified atom stereocenters. The molecule has 1 rings (SSSR count). The van der Waals surface area contributed by atoms with E-state index in [2.05, 4.69) is 0 Å². The van der Waals surface area contributed by atoms with Crippen LogP contribution in [0.4, 0.5) is 0 Å². The molecule has 0 radical (unpaired) electrons. The highest BCUT2D eigenvalue weighted by Crippen LogP contribution is 2.13. The molecule has 1 aromatic carbocycles. The van der Waals surface area contributed by atoms with E-state index in [9.17, 15) is 9.59 Å². The molecular formula is C14H18O4. The molecule has 0 atom stereocenters. The Morgan fingerprint density at radius 3 is 2.33 bits per heavy atom. The zero-order chi connectivity index (χ0) is 13.6. The average molecular weight is 250 g/mol. The van der Waals surface area contributed by atoms with Crippen molar-refractivity contribution in [1.29, 1.82) is 0 Å². The normalized spacial score (nSPS) is 10.8. The standard InChI is InChI=1S/C14H18O4/c1-14(2,3)18-13(16)10-17-12-6-4-11(5-7-12)8-9-15/h4-7,9H,8,10H2,1-3H3. The Labute approximate surface area is 107 Å². The summed E-state index contributed by atoms with van der Waals surface area (Å²) in [6.07, 6.45) is 1.23. The second kappa shape index (κ2) is 6.19. The molecule has 0 aliphatic rings. The Balaban J connectivity index is 2.43. The van der Waals surface area contributed by atoms with Gasteiger partial charge in [0.1, 0.15) is 17.6 Å². The van der Waals surface area contributed by atoms with Crippen molar-refractivity contribution < 1.29 is 19.1 Å². The predicted molar refractivity (Wildman–Crippen MR) is 67.6 cm³/mol. The smallest absolute Gasteiger partial charge is 0.344 e. The van der Waals surface area contributed by atoms with E-state index in [1.54, 1.807) is 45.0 Å². The van der Waals surface area contributed by atoms with Crippen LogP contribution in [-0.2, 0) is 20.7 Å². The zero-order valence-electron chi connectivity index (χ0n) is 10.9. The Morgan fingerprint density at radius 2 is 1.83 bits per heavy atom. The number of ether oxygens (including phenoxy) is 2. The lowest BCUT2D eigenvalue weighted by atomic mass is 10.2. The summed E-state index contributed by atoms with van der Waals surface area (Å²) in [6, 6.07) is 7.03. The van der Waals surface area contributed by atoms with Gasteiger partial charge in [-0.05, 0) is 38.5 Å². The topological polar surface area (TPSA) is 52.6 Å². The van der Waals surface area contributed by atoms with E-state index in [-0.39, 0.29) is 6.61 Å². The molecule has 18 heavy (non-hydrogen) atoms. The highest BCUT2D eigenvalue weighted by Gasteiger charge is 2.16. The number of aldehydes is 1. The summed E-state index contributed by atoms with van der Waals surface area (Å²) in [7, 11) is 0. The minimum absolute atomic E-state index is 0.121. The van der Waals surface area contributed by atoms with E-state index in [4.69, 9.17) is 9.47 Å². The molecule has 0 fully saturated rings. The third kappa shape index (κ3) is 5.48. The van der Waals surface area contributed by atoms with Gasteiger partial charge in [0.2, 0.25) is 0 Å². The second-order valence-corrected chi connectivity index (χ2v) is 4.89. The average Bonchev–Trinajstić information content (AvgIpc) is 2.26. The van der Waals surface area contributed by atoms with Crippen molar-refractivity contribution in [1.82, 2.24) is 0 Å². The molecule has 4 heteroatoms. The first-order valence-corrected chi connectivity index (χ1v) is 5.78. The van der Waals surface area contributed by atoms with Gasteiger partial charge in [0.15, 0.2) is 6.61 Å². The Hall–Kier alpha value is -1.84. The highest BCUT2D eigenvalue weighted by molar-refractivity contribution is 5.71. The Kier molecular flexibility index (Phi) is 4.89. The van der Waals surface area contributed by atoms with Crippen molar-refractivity contribution in [3.8, 4) is 5.75 Å². The van der Waals surface area contributed by atoms with Crippen molar-refractivity contribution >= 4 is 12.3 Å². The van der Waals surface area contributed by atoms with Gasteiger partial charge in [0, 0.05) is 6.42 Å². The molecule has 0 bridgehead atoms. The van der Waals surface area contributed by atoms with E-state index in [0.29, 0.717) is 12.2 Å². The van der Waals surface area contributed by atoms with Crippen LogP contribution in [0.5, 0.6) is 5.75 Å². The minimum atomic E-state index is -0.506. The van der Waals surface area contributed by atoms with Crippen molar-refractivity contribution in [3.05, 3.63) is 29.8 Å². The first-order chi connectivity index (χ1) is 8.40. The number of hydrogen-bond donors (Lipinski definition) is 0. The molecule has 0 aliphatic heterocycles. The van der Waals surface area contributed by atoms with Crippen LogP contribution < -0.4 is 4.74 Å². The van der Waals surface area contributed by atoms with Crippen molar-refractivity contribution in [2.75, 3.05) is 6.61 Å². The Bertz CT molecular complexity index is 401. The lowest BCUT2D eigenvalue weighted by molar-refractivity contribution is -0.157. The number of carbonyl (C=O) groups excluding carboxylic acids is 2. The maximum atomic E-state index is 11.4. The molecule has 98 valence electrons. The van der Waals surface area contributed by atoms with Crippen molar-refractivity contribution in [2.24, 2.45) is 0 Å². The zero-order valence-corrected chi connectivity index (χ0v) is 10.9. The molecular weight excluding hydrogens is 232 g/mol. The van der Waals surface area contributed by atoms with Gasteiger partial charge in [0.25, 0.3) is 0 Å². The second-order valence-electron chi connectivity index (χ2n) is 4.89. The number of hydrogen-bond acceptors (Lipinski definition) is 4. The van der Waals surface area contributed by atoms with Crippen LogP contribution >= 0.6 is 0 Å². The summed E-state index contributed by atoms with van der Waals surface area (Å²) in [5, 5.41) is 0. The highest BCUT2D eigenvalue weighted by atomic mass is 16.6. The molecule has 0 saturated heterocycles. The van der Waals surface area contributed by atoms with Gasteiger partial charge < -0.3 is 14.3 Å². The van der Waals surface area contributed by atoms with Crippen LogP contribution in [0.2, 0.25) is 0 Å². The predicted octanol–water partition coefficient (Wildman–Crippen LogP) is 2.15. The summed E-state index contributed by atoms with van der Waals surface area (Å²) in [5.74, 6) is 0.176. The molecule has 0 N–H and O–H groups in total. The summed E-state index contributed by atoms with van der Waals surface area (Å²) >= 11 is 0. The third-order valence-electron chi connectivity index (χ3n) is 2.02. The van der Waals surface area contributed by atoms with E-state index < -0.39 is 11.6 Å². The summed E-state index contributed by atoms with van der Waals surface area (Å²) in [5.41, 5.74) is 0.406. The fourth-order valence-electron chi connectivity index (χ4n) is 1.33. The molecule has 1 aromatic rings. The van der Waals surface area contributed by atoms with E-state index in [0.717, 1.165) is 11.8 Å². The van der Waals surface area contributed by atoms with Gasteiger partial charge in [-0.1, -0.05) is 12.1 Å². The van der Waals surface area contributed by atoms with Gasteiger partial charge in [0.05, 0.1) is 0 Å². The van der Waals surface area contributed by atoms with Crippen LogP contribution in [-0.4, -0.2) is 24.5 Å². The maximum Gasteiger partial charge on any atom is 0.344 e. The maximum absolute atomic E-state index is 11.4. The van der Waals surface area contributed by atoms with Crippen LogP contribution in [0.1, 0.15) is 26.3 Å². The number of benzene rings is 1. The third-order valence-corrected chi connectivity index (χ3v) is 2.02. The van der Waals surface area contributed by atoms with Crippen LogP contribution in [0.15, 0.2) is 24.3 Å². The monoisotopic (exact) mass is 250 g/mol. The number of rotatable bonds is 5. The minimum Gasteiger partial charge on any atom is -0.482 e. The van der Waals surface area contributed by atoms with Crippen molar-refractivity contribution in [2.45, 2.75) is 32.8 Å². The van der Waals surface area contributed by atoms with Crippen LogP contribution in [0, 0.1) is 0 Å². The summed E-state index contributed by atoms with van der Waals surface area (Å²) in [4.78, 5) is 21.7. The molecule has 0 spiro atoms.